The topological polar surface area (TPSA) is 68.6 Å². The molecule has 100 valence electrons. The van der Waals surface area contributed by atoms with Gasteiger partial charge in [-0.1, -0.05) is 6.92 Å². The molecule has 1 aliphatic heterocycles. The second-order valence-corrected chi connectivity index (χ2v) is 4.12. The van der Waals surface area contributed by atoms with E-state index in [-0.39, 0.29) is 0 Å². The van der Waals surface area contributed by atoms with Crippen molar-refractivity contribution < 1.29 is 19.0 Å². The molecule has 0 aliphatic carbocycles. The molecule has 0 amide bonds. The lowest BCUT2D eigenvalue weighted by molar-refractivity contribution is -0.0443. The van der Waals surface area contributed by atoms with Crippen molar-refractivity contribution in [2.24, 2.45) is 0 Å². The van der Waals surface area contributed by atoms with Gasteiger partial charge in [0.05, 0.1) is 37.0 Å². The summed E-state index contributed by atoms with van der Waals surface area (Å²) in [6.07, 6.45) is 0.192. The van der Waals surface area contributed by atoms with Gasteiger partial charge in [0, 0.05) is 5.56 Å². The number of carbonyl (C=O) groups is 1. The fourth-order valence-corrected chi connectivity index (χ4v) is 1.80. The first-order chi connectivity index (χ1) is 9.26. The first-order valence-corrected chi connectivity index (χ1v) is 6.20. The zero-order valence-electron chi connectivity index (χ0n) is 10.7. The molecular weight excluding hydrogens is 246 g/mol. The minimum atomic E-state index is -0.575. The standard InChI is InChI=1S/C14H15NO4/c1-2-5-17-13(16)10-3-4-11(9-15)12(8-10)14-18-6-7-19-14/h3-4,8,14H,2,5-7H2,1H3. The van der Waals surface area contributed by atoms with Gasteiger partial charge in [-0.25, -0.2) is 4.79 Å². The Balaban J connectivity index is 2.25. The molecule has 1 aromatic carbocycles. The fraction of sp³-hybridized carbons (Fsp3) is 0.429. The lowest BCUT2D eigenvalue weighted by atomic mass is 10.0. The second-order valence-electron chi connectivity index (χ2n) is 4.12. The van der Waals surface area contributed by atoms with Crippen molar-refractivity contribution in [1.82, 2.24) is 0 Å². The van der Waals surface area contributed by atoms with Gasteiger partial charge in [-0.3, -0.25) is 0 Å². The third-order valence-corrected chi connectivity index (χ3v) is 2.72. The van der Waals surface area contributed by atoms with Gasteiger partial charge >= 0.3 is 5.97 Å². The third kappa shape index (κ3) is 3.11. The van der Waals surface area contributed by atoms with Crippen LogP contribution in [0.5, 0.6) is 0 Å². The average Bonchev–Trinajstić information content (AvgIpc) is 2.98. The van der Waals surface area contributed by atoms with Gasteiger partial charge in [-0.05, 0) is 24.6 Å². The summed E-state index contributed by atoms with van der Waals surface area (Å²) in [6, 6.07) is 6.84. The molecule has 0 aromatic heterocycles. The van der Waals surface area contributed by atoms with E-state index in [0.717, 1.165) is 6.42 Å². The fourth-order valence-electron chi connectivity index (χ4n) is 1.80. The normalized spacial score (nSPS) is 15.2. The van der Waals surface area contributed by atoms with Crippen LogP contribution < -0.4 is 0 Å². The van der Waals surface area contributed by atoms with Crippen LogP contribution in [-0.2, 0) is 14.2 Å². The number of benzene rings is 1. The third-order valence-electron chi connectivity index (χ3n) is 2.72. The number of hydrogen-bond donors (Lipinski definition) is 0. The molecule has 0 radical (unpaired) electrons. The van der Waals surface area contributed by atoms with Crippen LogP contribution in [0.15, 0.2) is 18.2 Å². The van der Waals surface area contributed by atoms with Gasteiger partial charge in [0.15, 0.2) is 6.29 Å². The van der Waals surface area contributed by atoms with Crippen LogP contribution in [0.1, 0.15) is 41.1 Å². The van der Waals surface area contributed by atoms with Crippen molar-refractivity contribution in [3.63, 3.8) is 0 Å². The summed E-state index contributed by atoms with van der Waals surface area (Å²) < 4.78 is 15.8. The zero-order chi connectivity index (χ0) is 13.7. The highest BCUT2D eigenvalue weighted by atomic mass is 16.7. The highest BCUT2D eigenvalue weighted by molar-refractivity contribution is 5.89. The van der Waals surface area contributed by atoms with E-state index in [1.807, 2.05) is 6.92 Å². The Morgan fingerprint density at radius 1 is 1.47 bits per heavy atom. The van der Waals surface area contributed by atoms with E-state index in [9.17, 15) is 4.79 Å². The Labute approximate surface area is 111 Å². The molecular formula is C14H15NO4. The lowest BCUT2D eigenvalue weighted by Gasteiger charge is -2.12. The van der Waals surface area contributed by atoms with Crippen LogP contribution in [0.2, 0.25) is 0 Å². The second kappa shape index (κ2) is 6.32. The summed E-state index contributed by atoms with van der Waals surface area (Å²) in [5, 5.41) is 9.07. The summed E-state index contributed by atoms with van der Waals surface area (Å²) >= 11 is 0. The zero-order valence-corrected chi connectivity index (χ0v) is 10.7. The van der Waals surface area contributed by atoms with Crippen LogP contribution in [0, 0.1) is 11.3 Å². The average molecular weight is 261 g/mol. The summed E-state index contributed by atoms with van der Waals surface area (Å²) in [7, 11) is 0. The smallest absolute Gasteiger partial charge is 0.338 e. The molecule has 0 spiro atoms. The monoisotopic (exact) mass is 261 g/mol. The molecule has 1 aliphatic rings. The Bertz CT molecular complexity index is 501. The highest BCUT2D eigenvalue weighted by Crippen LogP contribution is 2.27. The largest absolute Gasteiger partial charge is 0.462 e. The van der Waals surface area contributed by atoms with E-state index in [2.05, 4.69) is 6.07 Å². The molecule has 1 saturated heterocycles. The van der Waals surface area contributed by atoms with Gasteiger partial charge < -0.3 is 14.2 Å². The highest BCUT2D eigenvalue weighted by Gasteiger charge is 2.23. The molecule has 0 saturated carbocycles. The van der Waals surface area contributed by atoms with Gasteiger partial charge in [-0.15, -0.1) is 0 Å². The summed E-state index contributed by atoms with van der Waals surface area (Å²) in [6.45, 7) is 3.28. The number of nitrogens with zero attached hydrogens (tertiary/aromatic N) is 1. The van der Waals surface area contributed by atoms with Gasteiger partial charge in [0.2, 0.25) is 0 Å². The molecule has 5 heteroatoms. The van der Waals surface area contributed by atoms with Crippen molar-refractivity contribution in [2.75, 3.05) is 19.8 Å². The van der Waals surface area contributed by atoms with Crippen molar-refractivity contribution in [3.05, 3.63) is 34.9 Å². The molecule has 0 unspecified atom stereocenters. The molecule has 0 N–H and O–H groups in total. The van der Waals surface area contributed by atoms with E-state index in [1.54, 1.807) is 18.2 Å². The number of nitriles is 1. The van der Waals surface area contributed by atoms with E-state index in [4.69, 9.17) is 19.5 Å². The molecule has 0 bridgehead atoms. The van der Waals surface area contributed by atoms with Gasteiger partial charge in [0.1, 0.15) is 0 Å². The maximum atomic E-state index is 11.8. The summed E-state index contributed by atoms with van der Waals surface area (Å²) in [5.41, 5.74) is 1.42. The molecule has 1 heterocycles. The molecule has 19 heavy (non-hydrogen) atoms. The van der Waals surface area contributed by atoms with Crippen LogP contribution in [0.25, 0.3) is 0 Å². The van der Waals surface area contributed by atoms with Gasteiger partial charge in [-0.2, -0.15) is 5.26 Å². The Morgan fingerprint density at radius 3 is 2.84 bits per heavy atom. The number of rotatable bonds is 4. The Hall–Kier alpha value is -1.90. The SMILES string of the molecule is CCCOC(=O)c1ccc(C#N)c(C2OCCO2)c1. The lowest BCUT2D eigenvalue weighted by Crippen LogP contribution is -2.09. The predicted octanol–water partition coefficient (Wildman–Crippen LogP) is 2.17. The van der Waals surface area contributed by atoms with Crippen LogP contribution in [-0.4, -0.2) is 25.8 Å². The Kier molecular flexibility index (Phi) is 4.50. The van der Waals surface area contributed by atoms with E-state index < -0.39 is 12.3 Å². The number of ether oxygens (including phenoxy) is 3. The molecule has 5 nitrogen and oxygen atoms in total. The Morgan fingerprint density at radius 2 is 2.21 bits per heavy atom. The minimum absolute atomic E-state index is 0.380. The van der Waals surface area contributed by atoms with Crippen molar-refractivity contribution in [3.8, 4) is 6.07 Å². The molecule has 1 fully saturated rings. The van der Waals surface area contributed by atoms with E-state index >= 15 is 0 Å². The van der Waals surface area contributed by atoms with Crippen LogP contribution >= 0.6 is 0 Å². The summed E-state index contributed by atoms with van der Waals surface area (Å²) in [4.78, 5) is 11.8. The first-order valence-electron chi connectivity index (χ1n) is 6.20. The van der Waals surface area contributed by atoms with Gasteiger partial charge in [0.25, 0.3) is 0 Å². The minimum Gasteiger partial charge on any atom is -0.462 e. The van der Waals surface area contributed by atoms with Crippen molar-refractivity contribution in [2.45, 2.75) is 19.6 Å². The van der Waals surface area contributed by atoms with Crippen LogP contribution in [0.3, 0.4) is 0 Å². The molecule has 0 atom stereocenters. The predicted molar refractivity (Wildman–Crippen MR) is 66.4 cm³/mol. The number of esters is 1. The summed E-state index contributed by atoms with van der Waals surface area (Å²) in [5.74, 6) is -0.398. The maximum absolute atomic E-state index is 11.8. The van der Waals surface area contributed by atoms with Crippen molar-refractivity contribution in [1.29, 1.82) is 5.26 Å². The quantitative estimate of drug-likeness (QED) is 0.777. The number of hydrogen-bond acceptors (Lipinski definition) is 5. The van der Waals surface area contributed by atoms with Crippen LogP contribution in [0.4, 0.5) is 0 Å². The van der Waals surface area contributed by atoms with E-state index in [1.165, 1.54) is 0 Å². The van der Waals surface area contributed by atoms with Crippen molar-refractivity contribution >= 4 is 5.97 Å². The molecule has 2 rings (SSSR count). The molecule has 1 aromatic rings. The maximum Gasteiger partial charge on any atom is 0.338 e. The first kappa shape index (κ1) is 13.5. The number of carbonyl (C=O) groups excluding carboxylic acids is 1. The van der Waals surface area contributed by atoms with E-state index in [0.29, 0.717) is 36.5 Å².